The average Bonchev–Trinajstić information content (AvgIpc) is 3.46. The number of rotatable bonds is 0. The van der Waals surface area contributed by atoms with Gasteiger partial charge in [0.2, 0.25) is 0 Å². The third kappa shape index (κ3) is 1.72. The molecule has 2 nitrogen and oxygen atoms in total. The van der Waals surface area contributed by atoms with Crippen LogP contribution in [0.1, 0.15) is 25.0 Å². The maximum Gasteiger partial charge on any atom is 0.0650 e. The Labute approximate surface area is 196 Å². The molecule has 4 aromatic heterocycles. The first kappa shape index (κ1) is 17.0. The van der Waals surface area contributed by atoms with Gasteiger partial charge in [-0.25, -0.2) is 0 Å². The van der Waals surface area contributed by atoms with Crippen LogP contribution in [0.25, 0.3) is 59.6 Å². The summed E-state index contributed by atoms with van der Waals surface area (Å²) in [5.41, 5.74) is 10.8. The Morgan fingerprint density at radius 3 is 2.55 bits per heavy atom. The lowest BCUT2D eigenvalue weighted by atomic mass is 9.81. The van der Waals surface area contributed by atoms with Crippen LogP contribution in [0.2, 0.25) is 0 Å². The van der Waals surface area contributed by atoms with Gasteiger partial charge in [-0.2, -0.15) is 0 Å². The molecule has 3 aromatic carbocycles. The standard InChI is InChI=1S/C27H17IN2S/c1-27(2)17-8-4-3-6-14(17)25-23(27)15-7-5-9-18-21(15)22-19(30(18)28)11-10-16-24(22)29(25)20-12-13-31-26(16)20/h3-13H,1-2H3. The summed E-state index contributed by atoms with van der Waals surface area (Å²) in [6.45, 7) is 4.79. The largest absolute Gasteiger partial charge is 0.307 e. The molecular formula is C27H17IN2S. The van der Waals surface area contributed by atoms with Crippen LogP contribution in [-0.4, -0.2) is 7.18 Å². The molecule has 4 heteroatoms. The molecule has 0 bridgehead atoms. The fourth-order valence-corrected chi connectivity index (χ4v) is 7.95. The van der Waals surface area contributed by atoms with E-state index in [2.05, 4.69) is 110 Å². The summed E-state index contributed by atoms with van der Waals surface area (Å²) in [6.07, 6.45) is 0. The zero-order valence-corrected chi connectivity index (χ0v) is 20.0. The number of nitrogens with zero attached hydrogens (tertiary/aromatic N) is 2. The molecule has 0 saturated carbocycles. The van der Waals surface area contributed by atoms with Gasteiger partial charge in [0.25, 0.3) is 0 Å². The molecule has 0 amide bonds. The SMILES string of the molecule is CC1(C)c2ccccc2-c2c1c1cccc3c1c1c(ccc4c5sccc5n2c41)n3I. The first-order chi connectivity index (χ1) is 15.1. The molecule has 0 saturated heterocycles. The Morgan fingerprint density at radius 2 is 1.65 bits per heavy atom. The topological polar surface area (TPSA) is 9.34 Å². The zero-order chi connectivity index (χ0) is 20.6. The minimum atomic E-state index is -0.0686. The Balaban J connectivity index is 1.87. The van der Waals surface area contributed by atoms with E-state index in [-0.39, 0.29) is 5.41 Å². The second kappa shape index (κ2) is 5.25. The van der Waals surface area contributed by atoms with Crippen molar-refractivity contribution in [2.75, 3.05) is 0 Å². The summed E-state index contributed by atoms with van der Waals surface area (Å²) >= 11 is 4.33. The van der Waals surface area contributed by atoms with E-state index in [1.54, 1.807) is 0 Å². The Hall–Kier alpha value is -2.57. The first-order valence-corrected chi connectivity index (χ1v) is 12.4. The van der Waals surface area contributed by atoms with Crippen LogP contribution >= 0.6 is 34.2 Å². The molecule has 0 fully saturated rings. The van der Waals surface area contributed by atoms with Crippen LogP contribution in [0.5, 0.6) is 0 Å². The van der Waals surface area contributed by atoms with E-state index in [4.69, 9.17) is 0 Å². The highest BCUT2D eigenvalue weighted by molar-refractivity contribution is 14.1. The molecule has 0 aliphatic heterocycles. The van der Waals surface area contributed by atoms with E-state index < -0.39 is 0 Å². The lowest BCUT2D eigenvalue weighted by Crippen LogP contribution is -2.15. The van der Waals surface area contributed by atoms with Crippen molar-refractivity contribution < 1.29 is 0 Å². The van der Waals surface area contributed by atoms with Gasteiger partial charge in [-0.15, -0.1) is 11.3 Å². The number of hydrogen-bond acceptors (Lipinski definition) is 1. The molecular weight excluding hydrogens is 511 g/mol. The quantitative estimate of drug-likeness (QED) is 0.175. The van der Waals surface area contributed by atoms with Crippen molar-refractivity contribution in [3.05, 3.63) is 77.2 Å². The van der Waals surface area contributed by atoms with Gasteiger partial charge >= 0.3 is 0 Å². The number of halogens is 1. The number of aromatic nitrogens is 2. The van der Waals surface area contributed by atoms with Crippen molar-refractivity contribution in [3.63, 3.8) is 0 Å². The summed E-state index contributed by atoms with van der Waals surface area (Å²) < 4.78 is 6.32. The van der Waals surface area contributed by atoms with Gasteiger partial charge < -0.3 is 4.40 Å². The summed E-state index contributed by atoms with van der Waals surface area (Å²) in [4.78, 5) is 0. The summed E-state index contributed by atoms with van der Waals surface area (Å²) in [5.74, 6) is 0. The van der Waals surface area contributed by atoms with E-state index in [0.29, 0.717) is 0 Å². The molecule has 0 atom stereocenters. The lowest BCUT2D eigenvalue weighted by Gasteiger charge is -2.22. The molecule has 0 radical (unpaired) electrons. The van der Waals surface area contributed by atoms with Crippen molar-refractivity contribution in [1.82, 2.24) is 7.18 Å². The second-order valence-electron chi connectivity index (χ2n) is 9.20. The second-order valence-corrected chi connectivity index (χ2v) is 11.1. The number of fused-ring (bicyclic) bond motifs is 8. The Morgan fingerprint density at radius 1 is 0.806 bits per heavy atom. The van der Waals surface area contributed by atoms with Crippen molar-refractivity contribution >= 4 is 82.5 Å². The number of hydrogen-bond donors (Lipinski definition) is 0. The van der Waals surface area contributed by atoms with E-state index in [1.807, 2.05) is 11.3 Å². The number of thiophene rings is 1. The van der Waals surface area contributed by atoms with Crippen LogP contribution in [0.15, 0.2) is 66.0 Å². The summed E-state index contributed by atoms with van der Waals surface area (Å²) in [6, 6.07) is 22.8. The third-order valence-electron chi connectivity index (χ3n) is 7.44. The normalized spacial score (nSPS) is 15.2. The van der Waals surface area contributed by atoms with Crippen molar-refractivity contribution in [2.45, 2.75) is 19.3 Å². The van der Waals surface area contributed by atoms with E-state index >= 15 is 0 Å². The highest BCUT2D eigenvalue weighted by Crippen LogP contribution is 2.55. The smallest absolute Gasteiger partial charge is 0.0650 e. The fraction of sp³-hybridized carbons (Fsp3) is 0.111. The molecule has 31 heavy (non-hydrogen) atoms. The monoisotopic (exact) mass is 528 g/mol. The predicted molar refractivity (Wildman–Crippen MR) is 141 cm³/mol. The molecule has 1 aliphatic rings. The molecule has 148 valence electrons. The molecule has 0 spiro atoms. The lowest BCUT2D eigenvalue weighted by molar-refractivity contribution is 0.665. The van der Waals surface area contributed by atoms with E-state index in [1.165, 1.54) is 70.7 Å². The van der Waals surface area contributed by atoms with Gasteiger partial charge in [0.1, 0.15) is 0 Å². The average molecular weight is 528 g/mol. The first-order valence-electron chi connectivity index (χ1n) is 10.6. The maximum atomic E-state index is 2.59. The molecule has 4 heterocycles. The van der Waals surface area contributed by atoms with Gasteiger partial charge in [-0.3, -0.25) is 2.78 Å². The van der Waals surface area contributed by atoms with Gasteiger partial charge in [-0.1, -0.05) is 50.2 Å². The molecule has 8 rings (SSSR count). The molecule has 7 aromatic rings. The molecule has 1 aliphatic carbocycles. The van der Waals surface area contributed by atoms with E-state index in [9.17, 15) is 0 Å². The van der Waals surface area contributed by atoms with Gasteiger partial charge in [0.05, 0.1) is 55.3 Å². The maximum absolute atomic E-state index is 2.59. The van der Waals surface area contributed by atoms with Crippen molar-refractivity contribution in [1.29, 1.82) is 0 Å². The van der Waals surface area contributed by atoms with Gasteiger partial charge in [0, 0.05) is 27.1 Å². The minimum absolute atomic E-state index is 0.0686. The highest BCUT2D eigenvalue weighted by atomic mass is 127. The molecule has 0 unspecified atom stereocenters. The van der Waals surface area contributed by atoms with E-state index in [0.717, 1.165) is 0 Å². The zero-order valence-electron chi connectivity index (χ0n) is 17.0. The highest BCUT2D eigenvalue weighted by Gasteiger charge is 2.39. The van der Waals surface area contributed by atoms with Crippen molar-refractivity contribution in [2.24, 2.45) is 0 Å². The van der Waals surface area contributed by atoms with Crippen molar-refractivity contribution in [3.8, 4) is 11.3 Å². The Bertz CT molecular complexity index is 1880. The van der Waals surface area contributed by atoms with Gasteiger partial charge in [-0.05, 0) is 46.2 Å². The summed E-state index contributed by atoms with van der Waals surface area (Å²) in [7, 11) is 0. The van der Waals surface area contributed by atoms with Crippen LogP contribution in [0.4, 0.5) is 0 Å². The third-order valence-corrected chi connectivity index (χ3v) is 9.41. The van der Waals surface area contributed by atoms with Crippen LogP contribution in [-0.2, 0) is 5.41 Å². The minimum Gasteiger partial charge on any atom is -0.307 e. The van der Waals surface area contributed by atoms with Crippen LogP contribution < -0.4 is 0 Å². The van der Waals surface area contributed by atoms with Crippen LogP contribution in [0.3, 0.4) is 0 Å². The van der Waals surface area contributed by atoms with Gasteiger partial charge in [0.15, 0.2) is 0 Å². The summed E-state index contributed by atoms with van der Waals surface area (Å²) in [5, 5.41) is 7.78. The Kier molecular flexibility index (Phi) is 2.88. The predicted octanol–water partition coefficient (Wildman–Crippen LogP) is 8.36. The van der Waals surface area contributed by atoms with Crippen LogP contribution in [0, 0.1) is 0 Å². The number of benzene rings is 3. The fourth-order valence-electron chi connectivity index (χ4n) is 6.24. The molecule has 0 N–H and O–H groups in total.